The van der Waals surface area contributed by atoms with Gasteiger partial charge in [0.2, 0.25) is 0 Å². The molecule has 0 aromatic heterocycles. The van der Waals surface area contributed by atoms with Gasteiger partial charge in [-0.25, -0.2) is 0 Å². The zero-order valence-electron chi connectivity index (χ0n) is 26.4. The van der Waals surface area contributed by atoms with Gasteiger partial charge in [-0.2, -0.15) is 0 Å². The Hall–Kier alpha value is -0.160. The molecule has 4 nitrogen and oxygen atoms in total. The molecule has 226 valence electrons. The van der Waals surface area contributed by atoms with Crippen LogP contribution >= 0.6 is 0 Å². The second-order valence-corrected chi connectivity index (χ2v) is 17.2. The van der Waals surface area contributed by atoms with Crippen molar-refractivity contribution in [2.75, 3.05) is 6.61 Å². The monoisotopic (exact) mass is 546 g/mol. The van der Waals surface area contributed by atoms with Crippen molar-refractivity contribution >= 4 is 0 Å². The highest BCUT2D eigenvalue weighted by molar-refractivity contribution is 5.19. The predicted molar refractivity (Wildman–Crippen MR) is 158 cm³/mol. The first kappa shape index (κ1) is 30.3. The molecule has 0 aliphatic heterocycles. The zero-order valence-corrected chi connectivity index (χ0v) is 26.4. The first-order valence-electron chi connectivity index (χ1n) is 16.8. The van der Waals surface area contributed by atoms with Gasteiger partial charge >= 0.3 is 0 Å². The van der Waals surface area contributed by atoms with E-state index in [1.807, 2.05) is 0 Å². The first-order chi connectivity index (χ1) is 18.2. The van der Waals surface area contributed by atoms with E-state index in [0.717, 1.165) is 30.1 Å². The number of aliphatic hydroxyl groups is 4. The fraction of sp³-hybridized carbons (Fsp3) is 1.00. The van der Waals surface area contributed by atoms with Crippen LogP contribution in [0.15, 0.2) is 0 Å². The van der Waals surface area contributed by atoms with Gasteiger partial charge in [-0.3, -0.25) is 0 Å². The summed E-state index contributed by atoms with van der Waals surface area (Å²) in [5.41, 5.74) is 2.27. The Balaban J connectivity index is 1.33. The highest BCUT2D eigenvalue weighted by Crippen LogP contribution is 2.78. The van der Waals surface area contributed by atoms with E-state index >= 15 is 0 Å². The fourth-order valence-electron chi connectivity index (χ4n) is 13.2. The molecule has 5 fully saturated rings. The maximum absolute atomic E-state index is 10.4. The van der Waals surface area contributed by atoms with Crippen molar-refractivity contribution in [3.63, 3.8) is 0 Å². The lowest BCUT2D eigenvalue weighted by molar-refractivity contribution is -0.241. The molecule has 5 aliphatic carbocycles. The average molecular weight is 547 g/mol. The predicted octanol–water partition coefficient (Wildman–Crippen LogP) is 6.97. The van der Waals surface area contributed by atoms with Crippen LogP contribution in [0, 0.1) is 62.6 Å². The van der Waals surface area contributed by atoms with Gasteiger partial charge in [0.15, 0.2) is 0 Å². The zero-order chi connectivity index (χ0) is 28.6. The van der Waals surface area contributed by atoms with E-state index < -0.39 is 24.9 Å². The molecule has 13 atom stereocenters. The van der Waals surface area contributed by atoms with Crippen LogP contribution in [0.5, 0.6) is 0 Å². The smallest absolute Gasteiger partial charge is 0.108 e. The Morgan fingerprint density at radius 3 is 1.90 bits per heavy atom. The van der Waals surface area contributed by atoms with E-state index in [9.17, 15) is 15.3 Å². The summed E-state index contributed by atoms with van der Waals surface area (Å²) in [6.45, 7) is 17.9. The molecular formula is C35H62O4. The number of fused-ring (bicyclic) bond motifs is 7. The lowest BCUT2D eigenvalue weighted by Gasteiger charge is -2.73. The van der Waals surface area contributed by atoms with Crippen LogP contribution in [0.4, 0.5) is 0 Å². The summed E-state index contributed by atoms with van der Waals surface area (Å²) in [4.78, 5) is 0. The van der Waals surface area contributed by atoms with Crippen molar-refractivity contribution in [2.24, 2.45) is 62.6 Å². The summed E-state index contributed by atoms with van der Waals surface area (Å²) in [5.74, 6) is 4.50. The SMILES string of the molecule is C[C@H](CC[C@H](O)[C@H](O)[C@H](O)CO)[C@H]1CC[C@]2(C)[C@H]3CC[C@@H]4[C@@]5(C)CCCC(C)(C)[C@@H]5CC[C@@]4(C)[C@]3(C)CC[C@@H]12. The van der Waals surface area contributed by atoms with E-state index in [1.165, 1.54) is 70.6 Å². The Labute approximate surface area is 239 Å². The van der Waals surface area contributed by atoms with Crippen molar-refractivity contribution < 1.29 is 20.4 Å². The molecule has 0 saturated heterocycles. The van der Waals surface area contributed by atoms with Crippen molar-refractivity contribution in [3.8, 4) is 0 Å². The van der Waals surface area contributed by atoms with Crippen LogP contribution in [0.25, 0.3) is 0 Å². The highest BCUT2D eigenvalue weighted by atomic mass is 16.4. The molecule has 0 spiro atoms. The van der Waals surface area contributed by atoms with Gasteiger partial charge in [0.25, 0.3) is 0 Å². The van der Waals surface area contributed by atoms with E-state index in [0.29, 0.717) is 45.3 Å². The number of rotatable bonds is 7. The topological polar surface area (TPSA) is 80.9 Å². The largest absolute Gasteiger partial charge is 0.394 e. The summed E-state index contributed by atoms with van der Waals surface area (Å²) in [6, 6.07) is 0. The molecule has 0 aromatic rings. The van der Waals surface area contributed by atoms with Gasteiger partial charge in [-0.05, 0) is 140 Å². The molecular weight excluding hydrogens is 484 g/mol. The molecule has 0 heterocycles. The minimum absolute atomic E-state index is 0.411. The summed E-state index contributed by atoms with van der Waals surface area (Å²) in [7, 11) is 0. The van der Waals surface area contributed by atoms with Gasteiger partial charge in [0.1, 0.15) is 12.2 Å². The van der Waals surface area contributed by atoms with Crippen LogP contribution in [-0.2, 0) is 0 Å². The summed E-state index contributed by atoms with van der Waals surface area (Å²) in [5, 5.41) is 39.5. The summed E-state index contributed by atoms with van der Waals surface area (Å²) < 4.78 is 0. The molecule has 5 saturated carbocycles. The summed E-state index contributed by atoms with van der Waals surface area (Å²) >= 11 is 0. The fourth-order valence-corrected chi connectivity index (χ4v) is 13.2. The van der Waals surface area contributed by atoms with E-state index in [-0.39, 0.29) is 0 Å². The molecule has 4 heteroatoms. The Bertz CT molecular complexity index is 888. The van der Waals surface area contributed by atoms with Crippen LogP contribution in [-0.4, -0.2) is 45.3 Å². The van der Waals surface area contributed by atoms with Gasteiger partial charge in [-0.1, -0.05) is 54.9 Å². The minimum atomic E-state index is -1.27. The molecule has 4 N–H and O–H groups in total. The van der Waals surface area contributed by atoms with E-state index in [1.54, 1.807) is 0 Å². The second-order valence-electron chi connectivity index (χ2n) is 17.2. The normalized spacial score (nSPS) is 50.1. The molecule has 0 amide bonds. The Kier molecular flexibility index (Phi) is 7.95. The lowest BCUT2D eigenvalue weighted by atomic mass is 9.32. The molecule has 5 rings (SSSR count). The Morgan fingerprint density at radius 1 is 0.641 bits per heavy atom. The molecule has 0 aromatic carbocycles. The molecule has 0 unspecified atom stereocenters. The first-order valence-corrected chi connectivity index (χ1v) is 16.8. The second kappa shape index (κ2) is 10.2. The van der Waals surface area contributed by atoms with E-state index in [2.05, 4.69) is 48.5 Å². The van der Waals surface area contributed by atoms with Gasteiger partial charge in [0.05, 0.1) is 12.7 Å². The third-order valence-electron chi connectivity index (χ3n) is 15.4. The quantitative estimate of drug-likeness (QED) is 0.278. The third-order valence-corrected chi connectivity index (χ3v) is 15.4. The van der Waals surface area contributed by atoms with Gasteiger partial charge in [-0.15, -0.1) is 0 Å². The van der Waals surface area contributed by atoms with Crippen LogP contribution in [0.2, 0.25) is 0 Å². The van der Waals surface area contributed by atoms with Crippen molar-refractivity contribution in [3.05, 3.63) is 0 Å². The molecule has 0 bridgehead atoms. The number of hydrogen-bond donors (Lipinski definition) is 4. The highest BCUT2D eigenvalue weighted by Gasteiger charge is 2.70. The molecule has 0 radical (unpaired) electrons. The average Bonchev–Trinajstić information content (AvgIpc) is 3.23. The Morgan fingerprint density at radius 2 is 1.26 bits per heavy atom. The molecule has 39 heavy (non-hydrogen) atoms. The van der Waals surface area contributed by atoms with Crippen LogP contribution in [0.3, 0.4) is 0 Å². The summed E-state index contributed by atoms with van der Waals surface area (Å²) in [6.07, 6.45) is 13.2. The van der Waals surface area contributed by atoms with Gasteiger partial charge in [0, 0.05) is 0 Å². The van der Waals surface area contributed by atoms with E-state index in [4.69, 9.17) is 5.11 Å². The molecule has 5 aliphatic rings. The number of hydrogen-bond acceptors (Lipinski definition) is 4. The maximum Gasteiger partial charge on any atom is 0.108 e. The van der Waals surface area contributed by atoms with Crippen molar-refractivity contribution in [1.29, 1.82) is 0 Å². The van der Waals surface area contributed by atoms with Crippen molar-refractivity contribution in [2.45, 2.75) is 150 Å². The maximum atomic E-state index is 10.4. The van der Waals surface area contributed by atoms with Crippen LogP contribution < -0.4 is 0 Å². The van der Waals surface area contributed by atoms with Crippen molar-refractivity contribution in [1.82, 2.24) is 0 Å². The minimum Gasteiger partial charge on any atom is -0.394 e. The standard InChI is InChI=1S/C35H62O4/c1-22(9-10-25(37)30(39)26(38)21-36)23-13-18-32(4)24(23)14-19-34(6)28(32)11-12-29-33(5)17-8-16-31(2,3)27(33)15-20-35(29,34)7/h22-30,36-39H,8-21H2,1-7H3/t22-,23-,24+,25+,26-,27+,28-,29-,30+,32+,33+,34-,35-/m1/s1. The van der Waals surface area contributed by atoms with Crippen LogP contribution in [0.1, 0.15) is 132 Å². The van der Waals surface area contributed by atoms with Gasteiger partial charge < -0.3 is 20.4 Å². The third kappa shape index (κ3) is 4.42. The number of aliphatic hydroxyl groups excluding tert-OH is 4. The lowest BCUT2D eigenvalue weighted by Crippen LogP contribution is -2.65.